The second-order valence-electron chi connectivity index (χ2n) is 9.00. The number of likely N-dealkylation sites (N-methyl/N-ethyl adjacent to an activating group) is 1. The number of hydrogen-bond donors (Lipinski definition) is 1. The molecule has 210 valence electrons. The van der Waals surface area contributed by atoms with Crippen LogP contribution in [0.2, 0.25) is 5.02 Å². The van der Waals surface area contributed by atoms with Crippen molar-refractivity contribution in [3.63, 3.8) is 0 Å². The average Bonchev–Trinajstić information content (AvgIpc) is 2.93. The van der Waals surface area contributed by atoms with E-state index in [0.717, 1.165) is 12.1 Å². The molecule has 2 heterocycles. The Morgan fingerprint density at radius 2 is 1.98 bits per heavy atom. The summed E-state index contributed by atoms with van der Waals surface area (Å²) in [5.41, 5.74) is -3.27. The van der Waals surface area contributed by atoms with E-state index >= 15 is 0 Å². The number of nitrogens with zero attached hydrogens (tertiary/aromatic N) is 2. The van der Waals surface area contributed by atoms with Gasteiger partial charge in [-0.05, 0) is 41.0 Å². The van der Waals surface area contributed by atoms with E-state index in [1.807, 2.05) is 0 Å². The van der Waals surface area contributed by atoms with Crippen LogP contribution in [0.5, 0.6) is 17.4 Å². The number of methoxy groups -OCH3 is 1. The van der Waals surface area contributed by atoms with Crippen LogP contribution < -0.4 is 14.4 Å². The first-order valence-electron chi connectivity index (χ1n) is 11.8. The van der Waals surface area contributed by atoms with Crippen LogP contribution in [0.1, 0.15) is 39.9 Å². The quantitative estimate of drug-likeness (QED) is 0.352. The van der Waals surface area contributed by atoms with Gasteiger partial charge in [0, 0.05) is 25.2 Å². The van der Waals surface area contributed by atoms with Crippen molar-refractivity contribution in [1.29, 1.82) is 0 Å². The Kier molecular flexibility index (Phi) is 7.82. The van der Waals surface area contributed by atoms with Crippen molar-refractivity contribution in [2.75, 3.05) is 25.7 Å². The summed E-state index contributed by atoms with van der Waals surface area (Å²) < 4.78 is 59.5. The van der Waals surface area contributed by atoms with Crippen molar-refractivity contribution in [2.45, 2.75) is 24.6 Å². The molecule has 0 bridgehead atoms. The van der Waals surface area contributed by atoms with Crippen molar-refractivity contribution in [3.8, 4) is 17.4 Å². The molecule has 40 heavy (non-hydrogen) atoms. The van der Waals surface area contributed by atoms with E-state index < -0.39 is 35.1 Å². The number of amides is 1. The zero-order chi connectivity index (χ0) is 29.4. The Balaban J connectivity index is 1.71. The lowest BCUT2D eigenvalue weighted by atomic mass is 9.76. The maximum Gasteiger partial charge on any atom is 0.422 e. The number of carbonyl (C=O) groups is 2. The third-order valence-corrected chi connectivity index (χ3v) is 7.06. The molecule has 1 aliphatic heterocycles. The summed E-state index contributed by atoms with van der Waals surface area (Å²) in [4.78, 5) is 29.0. The van der Waals surface area contributed by atoms with Gasteiger partial charge in [0.15, 0.2) is 12.2 Å². The molecule has 1 amide bonds. The zero-order valence-corrected chi connectivity index (χ0v) is 22.3. The summed E-state index contributed by atoms with van der Waals surface area (Å²) >= 11 is 6.11. The molecule has 0 radical (unpaired) electrons. The van der Waals surface area contributed by atoms with E-state index in [4.69, 9.17) is 21.1 Å². The number of alkyl halides is 3. The molecule has 3 aromatic rings. The van der Waals surface area contributed by atoms with Gasteiger partial charge in [-0.25, -0.2) is 9.78 Å². The normalized spacial score (nSPS) is 15.4. The van der Waals surface area contributed by atoms with Gasteiger partial charge >= 0.3 is 12.1 Å². The second-order valence-corrected chi connectivity index (χ2v) is 9.41. The molecule has 12 heteroatoms. The topological polar surface area (TPSA) is 98.2 Å². The molecule has 0 spiro atoms. The number of halogens is 4. The fraction of sp³-hybridized carbons (Fsp3) is 0.250. The lowest BCUT2D eigenvalue weighted by molar-refractivity contribution is -0.274. The summed E-state index contributed by atoms with van der Waals surface area (Å²) in [5, 5.41) is 11.4. The summed E-state index contributed by atoms with van der Waals surface area (Å²) in [6, 6.07) is 9.06. The number of pyridine rings is 1. The molecule has 1 N–H and O–H groups in total. The smallest absolute Gasteiger partial charge is 0.422 e. The molecule has 0 unspecified atom stereocenters. The lowest BCUT2D eigenvalue weighted by Gasteiger charge is -2.38. The van der Waals surface area contributed by atoms with Gasteiger partial charge in [-0.15, -0.1) is 0 Å². The first-order valence-corrected chi connectivity index (χ1v) is 12.2. The van der Waals surface area contributed by atoms with E-state index in [2.05, 4.69) is 16.3 Å². The third kappa shape index (κ3) is 5.09. The summed E-state index contributed by atoms with van der Waals surface area (Å²) in [6.07, 6.45) is -2.59. The number of carbonyl (C=O) groups excluding carboxylic acids is 2. The molecule has 0 saturated heterocycles. The van der Waals surface area contributed by atoms with Crippen LogP contribution in [0.25, 0.3) is 6.08 Å². The standard InChI is InChI=1S/C28H24ClF3N2O6/c1-5-16-10-18(40-24-12-21(29)20(13-33-24)26(36)38-4)7-8-19(16)15(2)27(37,28(30,31)32)17-6-9-23-22(11-17)34(3)25(35)14-39-23/h5-13,15,37H,1,14H2,2-4H3/t15-,27-/m1/s1. The maximum atomic E-state index is 14.6. The fourth-order valence-electron chi connectivity index (χ4n) is 4.43. The Labute approximate surface area is 232 Å². The molecule has 1 aliphatic rings. The number of hydrogen-bond acceptors (Lipinski definition) is 7. The predicted molar refractivity (Wildman–Crippen MR) is 141 cm³/mol. The van der Waals surface area contributed by atoms with Gasteiger partial charge in [0.25, 0.3) is 5.91 Å². The van der Waals surface area contributed by atoms with Gasteiger partial charge in [0.2, 0.25) is 5.88 Å². The molecule has 2 atom stereocenters. The summed E-state index contributed by atoms with van der Waals surface area (Å²) in [5.74, 6) is -2.20. The Bertz CT molecular complexity index is 1500. The van der Waals surface area contributed by atoms with Crippen molar-refractivity contribution in [2.24, 2.45) is 0 Å². The minimum absolute atomic E-state index is 0.0233. The first-order chi connectivity index (χ1) is 18.8. The van der Waals surface area contributed by atoms with E-state index in [9.17, 15) is 27.9 Å². The van der Waals surface area contributed by atoms with Gasteiger partial charge in [0.05, 0.1) is 23.4 Å². The minimum atomic E-state index is -5.10. The summed E-state index contributed by atoms with van der Waals surface area (Å²) in [7, 11) is 2.62. The van der Waals surface area contributed by atoms with Crippen molar-refractivity contribution in [3.05, 3.63) is 82.5 Å². The second kappa shape index (κ2) is 10.8. The Hall–Kier alpha value is -4.09. The fourth-order valence-corrected chi connectivity index (χ4v) is 4.65. The number of fused-ring (bicyclic) bond motifs is 1. The van der Waals surface area contributed by atoms with E-state index in [0.29, 0.717) is 0 Å². The Morgan fingerprint density at radius 1 is 1.25 bits per heavy atom. The molecule has 8 nitrogen and oxygen atoms in total. The molecule has 2 aromatic carbocycles. The highest BCUT2D eigenvalue weighted by Crippen LogP contribution is 2.51. The van der Waals surface area contributed by atoms with Gasteiger partial charge in [-0.1, -0.05) is 43.3 Å². The lowest BCUT2D eigenvalue weighted by Crippen LogP contribution is -2.47. The van der Waals surface area contributed by atoms with Gasteiger partial charge < -0.3 is 24.2 Å². The van der Waals surface area contributed by atoms with E-state index in [1.165, 1.54) is 68.6 Å². The van der Waals surface area contributed by atoms with Gasteiger partial charge in [-0.2, -0.15) is 13.2 Å². The molecule has 0 saturated carbocycles. The highest BCUT2D eigenvalue weighted by molar-refractivity contribution is 6.33. The molecular formula is C28H24ClF3N2O6. The maximum absolute atomic E-state index is 14.6. The van der Waals surface area contributed by atoms with Crippen LogP contribution in [-0.2, 0) is 15.1 Å². The number of aliphatic hydroxyl groups is 1. The molecule has 1 aromatic heterocycles. The number of anilines is 1. The van der Waals surface area contributed by atoms with Crippen LogP contribution in [-0.4, -0.2) is 48.9 Å². The van der Waals surface area contributed by atoms with Crippen LogP contribution in [0.15, 0.2) is 55.2 Å². The molecular weight excluding hydrogens is 553 g/mol. The molecule has 0 fully saturated rings. The SMILES string of the molecule is C=Cc1cc(Oc2cc(Cl)c(C(=O)OC)cn2)ccc1[C@@H](C)[C@@](O)(c1ccc2c(c1)N(C)C(=O)CO2)C(F)(F)F. The largest absolute Gasteiger partial charge is 0.482 e. The zero-order valence-electron chi connectivity index (χ0n) is 21.6. The van der Waals surface area contributed by atoms with Crippen LogP contribution in [0.3, 0.4) is 0 Å². The van der Waals surface area contributed by atoms with Gasteiger partial charge in [-0.3, -0.25) is 4.79 Å². The minimum Gasteiger partial charge on any atom is -0.482 e. The van der Waals surface area contributed by atoms with E-state index in [1.54, 1.807) is 0 Å². The number of ether oxygens (including phenoxy) is 3. The highest BCUT2D eigenvalue weighted by atomic mass is 35.5. The van der Waals surface area contributed by atoms with Crippen LogP contribution in [0, 0.1) is 0 Å². The predicted octanol–water partition coefficient (Wildman–Crippen LogP) is 5.87. The van der Waals surface area contributed by atoms with Crippen LogP contribution in [0.4, 0.5) is 18.9 Å². The van der Waals surface area contributed by atoms with Crippen molar-refractivity contribution >= 4 is 35.2 Å². The molecule has 4 rings (SSSR count). The number of benzene rings is 2. The number of esters is 1. The van der Waals surface area contributed by atoms with Gasteiger partial charge in [0.1, 0.15) is 11.5 Å². The monoisotopic (exact) mass is 576 g/mol. The number of rotatable bonds is 7. The number of aromatic nitrogens is 1. The average molecular weight is 577 g/mol. The van der Waals surface area contributed by atoms with Crippen LogP contribution >= 0.6 is 11.6 Å². The van der Waals surface area contributed by atoms with Crippen molar-refractivity contribution < 1.29 is 42.1 Å². The molecule has 0 aliphatic carbocycles. The van der Waals surface area contributed by atoms with E-state index in [-0.39, 0.29) is 51.4 Å². The third-order valence-electron chi connectivity index (χ3n) is 6.75. The first kappa shape index (κ1) is 28.9. The Morgan fingerprint density at radius 3 is 2.60 bits per heavy atom. The summed E-state index contributed by atoms with van der Waals surface area (Å²) in [6.45, 7) is 4.71. The highest BCUT2D eigenvalue weighted by Gasteiger charge is 2.59. The van der Waals surface area contributed by atoms with Crippen molar-refractivity contribution in [1.82, 2.24) is 4.98 Å².